The number of alkyl halides is 3. The minimum atomic E-state index is -1.88. The van der Waals surface area contributed by atoms with Crippen molar-refractivity contribution in [3.63, 3.8) is 0 Å². The molecule has 0 aliphatic rings. The first-order chi connectivity index (χ1) is 10.4. The van der Waals surface area contributed by atoms with Crippen LogP contribution in [0.2, 0.25) is 0 Å². The average Bonchev–Trinajstić information content (AvgIpc) is 2.43. The zero-order valence-electron chi connectivity index (χ0n) is 13.6. The van der Waals surface area contributed by atoms with Gasteiger partial charge in [0.2, 0.25) is 9.70 Å². The maximum atomic E-state index is 11.5. The molecule has 1 amide bonds. The number of halogens is 3. The molecule has 0 bridgehead atoms. The highest BCUT2D eigenvalue weighted by Crippen LogP contribution is 2.28. The average molecular weight is 375 g/mol. The van der Waals surface area contributed by atoms with Gasteiger partial charge in [-0.1, -0.05) is 106 Å². The first-order valence-electron chi connectivity index (χ1n) is 8.42. The van der Waals surface area contributed by atoms with Crippen molar-refractivity contribution in [2.24, 2.45) is 0 Å². The third kappa shape index (κ3) is 13.9. The summed E-state index contributed by atoms with van der Waals surface area (Å²) in [7, 11) is 0. The molecular weight excluding hydrogens is 345 g/mol. The smallest absolute Gasteiger partial charge is 0.234 e. The Bertz CT molecular complexity index is 283. The van der Waals surface area contributed by atoms with Crippen molar-refractivity contribution in [1.82, 2.24) is 5.32 Å². The topological polar surface area (TPSA) is 49.3 Å². The summed E-state index contributed by atoms with van der Waals surface area (Å²) in [6.07, 6.45) is 12.4. The molecule has 0 heterocycles. The van der Waals surface area contributed by atoms with Gasteiger partial charge in [0.1, 0.15) is 0 Å². The predicted molar refractivity (Wildman–Crippen MR) is 95.5 cm³/mol. The third-order valence-electron chi connectivity index (χ3n) is 3.62. The lowest BCUT2D eigenvalue weighted by Gasteiger charge is -2.19. The number of nitrogens with one attached hydrogen (secondary N) is 1. The molecule has 3 nitrogen and oxygen atoms in total. The van der Waals surface area contributed by atoms with Crippen molar-refractivity contribution < 1.29 is 9.90 Å². The van der Waals surface area contributed by atoms with Gasteiger partial charge in [-0.05, 0) is 6.42 Å². The van der Waals surface area contributed by atoms with Crippen LogP contribution in [0.3, 0.4) is 0 Å². The van der Waals surface area contributed by atoms with E-state index in [2.05, 4.69) is 12.2 Å². The SMILES string of the molecule is CCCCCCCCCCCCCC(=O)NC(O)C(Cl)(Cl)Cl. The van der Waals surface area contributed by atoms with E-state index in [1.807, 2.05) is 0 Å². The summed E-state index contributed by atoms with van der Waals surface area (Å²) < 4.78 is -1.88. The normalized spacial score (nSPS) is 13.1. The molecule has 132 valence electrons. The Hall–Kier alpha value is 0.300. The van der Waals surface area contributed by atoms with E-state index >= 15 is 0 Å². The zero-order valence-corrected chi connectivity index (χ0v) is 15.8. The summed E-state index contributed by atoms with van der Waals surface area (Å²) in [5, 5.41) is 11.7. The van der Waals surface area contributed by atoms with E-state index in [1.165, 1.54) is 51.4 Å². The van der Waals surface area contributed by atoms with Crippen molar-refractivity contribution in [1.29, 1.82) is 0 Å². The Labute approximate surface area is 150 Å². The van der Waals surface area contributed by atoms with Gasteiger partial charge in [0.05, 0.1) is 0 Å². The second-order valence-corrected chi connectivity index (χ2v) is 8.17. The molecule has 1 unspecified atom stereocenters. The van der Waals surface area contributed by atoms with Crippen LogP contribution < -0.4 is 5.32 Å². The van der Waals surface area contributed by atoms with Crippen LogP contribution in [0.4, 0.5) is 0 Å². The number of unbranched alkanes of at least 4 members (excludes halogenated alkanes) is 10. The molecule has 0 saturated heterocycles. The first-order valence-corrected chi connectivity index (χ1v) is 9.55. The molecular formula is C16H30Cl3NO2. The van der Waals surface area contributed by atoms with E-state index in [0.29, 0.717) is 6.42 Å². The molecule has 0 aromatic carbocycles. The third-order valence-corrected chi connectivity index (χ3v) is 4.24. The lowest BCUT2D eigenvalue weighted by Crippen LogP contribution is -2.43. The Morgan fingerprint density at radius 2 is 1.32 bits per heavy atom. The fourth-order valence-electron chi connectivity index (χ4n) is 2.26. The largest absolute Gasteiger partial charge is 0.369 e. The molecule has 0 saturated carbocycles. The highest BCUT2D eigenvalue weighted by molar-refractivity contribution is 6.68. The van der Waals surface area contributed by atoms with Gasteiger partial charge < -0.3 is 10.4 Å². The molecule has 0 aromatic heterocycles. The molecule has 1 atom stereocenters. The number of amides is 1. The summed E-state index contributed by atoms with van der Waals surface area (Å²) in [4.78, 5) is 11.5. The standard InChI is InChI=1S/C16H30Cl3NO2/c1-2-3-4-5-6-7-8-9-10-11-12-13-14(21)20-15(22)16(17,18)19/h15,22H,2-13H2,1H3,(H,20,21). The lowest BCUT2D eigenvalue weighted by atomic mass is 10.1. The minimum Gasteiger partial charge on any atom is -0.369 e. The van der Waals surface area contributed by atoms with Gasteiger partial charge >= 0.3 is 0 Å². The van der Waals surface area contributed by atoms with Gasteiger partial charge in [0.15, 0.2) is 6.23 Å². The van der Waals surface area contributed by atoms with Crippen molar-refractivity contribution in [2.45, 2.75) is 94.0 Å². The molecule has 0 aromatic rings. The maximum absolute atomic E-state index is 11.5. The Kier molecular flexibility index (Phi) is 13.9. The van der Waals surface area contributed by atoms with Crippen LogP contribution in [0.5, 0.6) is 0 Å². The molecule has 0 aliphatic carbocycles. The van der Waals surface area contributed by atoms with Crippen LogP contribution in [0.15, 0.2) is 0 Å². The first kappa shape index (κ1) is 22.3. The summed E-state index contributed by atoms with van der Waals surface area (Å²) in [5.74, 6) is -0.283. The molecule has 2 N–H and O–H groups in total. The number of aliphatic hydroxyl groups excluding tert-OH is 1. The van der Waals surface area contributed by atoms with Gasteiger partial charge in [-0.2, -0.15) is 0 Å². The Morgan fingerprint density at radius 1 is 0.909 bits per heavy atom. The Balaban J connectivity index is 3.34. The Morgan fingerprint density at radius 3 is 1.73 bits per heavy atom. The predicted octanol–water partition coefficient (Wildman–Crippen LogP) is 5.49. The van der Waals surface area contributed by atoms with Crippen LogP contribution >= 0.6 is 34.8 Å². The van der Waals surface area contributed by atoms with Crippen molar-refractivity contribution >= 4 is 40.7 Å². The fraction of sp³-hybridized carbons (Fsp3) is 0.938. The van der Waals surface area contributed by atoms with E-state index in [0.717, 1.165) is 19.3 Å². The molecule has 0 rings (SSSR count). The van der Waals surface area contributed by atoms with Gasteiger partial charge in [-0.15, -0.1) is 0 Å². The molecule has 22 heavy (non-hydrogen) atoms. The van der Waals surface area contributed by atoms with Gasteiger partial charge in [0, 0.05) is 6.42 Å². The van der Waals surface area contributed by atoms with E-state index in [9.17, 15) is 9.90 Å². The summed E-state index contributed by atoms with van der Waals surface area (Å²) in [5.41, 5.74) is 0. The van der Waals surface area contributed by atoms with Crippen LogP contribution in [0.25, 0.3) is 0 Å². The molecule has 0 radical (unpaired) electrons. The summed E-state index contributed by atoms with van der Waals surface area (Å²) in [6.45, 7) is 2.23. The second-order valence-electron chi connectivity index (χ2n) is 5.80. The van der Waals surface area contributed by atoms with Gasteiger partial charge in [-0.25, -0.2) is 0 Å². The van der Waals surface area contributed by atoms with E-state index in [4.69, 9.17) is 34.8 Å². The fourth-order valence-corrected chi connectivity index (χ4v) is 2.42. The maximum Gasteiger partial charge on any atom is 0.234 e. The van der Waals surface area contributed by atoms with Crippen LogP contribution in [-0.2, 0) is 4.79 Å². The molecule has 0 fully saturated rings. The zero-order chi connectivity index (χ0) is 16.8. The summed E-state index contributed by atoms with van der Waals surface area (Å²) in [6, 6.07) is 0. The minimum absolute atomic E-state index is 0.283. The van der Waals surface area contributed by atoms with Gasteiger partial charge in [0.25, 0.3) is 0 Å². The van der Waals surface area contributed by atoms with E-state index in [1.54, 1.807) is 0 Å². The number of carbonyl (C=O) groups excluding carboxylic acids is 1. The quantitative estimate of drug-likeness (QED) is 0.254. The number of hydrogen-bond donors (Lipinski definition) is 2. The highest BCUT2D eigenvalue weighted by atomic mass is 35.6. The van der Waals surface area contributed by atoms with E-state index < -0.39 is 10.0 Å². The van der Waals surface area contributed by atoms with Crippen molar-refractivity contribution in [3.05, 3.63) is 0 Å². The highest BCUT2D eigenvalue weighted by Gasteiger charge is 2.31. The van der Waals surface area contributed by atoms with Crippen LogP contribution in [0.1, 0.15) is 84.0 Å². The molecule has 6 heteroatoms. The molecule has 0 spiro atoms. The second kappa shape index (κ2) is 13.7. The summed E-state index contributed by atoms with van der Waals surface area (Å²) >= 11 is 16.4. The number of rotatable bonds is 13. The number of hydrogen-bond acceptors (Lipinski definition) is 2. The van der Waals surface area contributed by atoms with Crippen molar-refractivity contribution in [2.75, 3.05) is 0 Å². The number of aliphatic hydroxyl groups is 1. The molecule has 0 aliphatic heterocycles. The van der Waals surface area contributed by atoms with Gasteiger partial charge in [-0.3, -0.25) is 4.79 Å². The van der Waals surface area contributed by atoms with E-state index in [-0.39, 0.29) is 5.91 Å². The van der Waals surface area contributed by atoms with Crippen LogP contribution in [0, 0.1) is 0 Å². The monoisotopic (exact) mass is 373 g/mol. The lowest BCUT2D eigenvalue weighted by molar-refractivity contribution is -0.124. The van der Waals surface area contributed by atoms with Crippen LogP contribution in [-0.4, -0.2) is 21.0 Å². The van der Waals surface area contributed by atoms with Crippen molar-refractivity contribution in [3.8, 4) is 0 Å². The number of carbonyl (C=O) groups is 1.